The molecule has 22 heavy (non-hydrogen) atoms. The van der Waals surface area contributed by atoms with Crippen LogP contribution in [0, 0.1) is 5.82 Å². The monoisotopic (exact) mass is 338 g/mol. The lowest BCUT2D eigenvalue weighted by molar-refractivity contribution is 0.445. The van der Waals surface area contributed by atoms with Gasteiger partial charge in [-0.3, -0.25) is 0 Å². The molecule has 0 spiro atoms. The third-order valence-corrected chi connectivity index (χ3v) is 5.01. The Balaban J connectivity index is 1.74. The number of nitrogens with zero attached hydrogens (tertiary/aromatic N) is 1. The Bertz CT molecular complexity index is 873. The summed E-state index contributed by atoms with van der Waals surface area (Å²) in [4.78, 5) is 4.25. The summed E-state index contributed by atoms with van der Waals surface area (Å²) in [5.41, 5.74) is 0.870. The first-order chi connectivity index (χ1) is 10.6. The first-order valence-electron chi connectivity index (χ1n) is 6.29. The van der Waals surface area contributed by atoms with E-state index in [0.29, 0.717) is 16.3 Å². The normalized spacial score (nSPS) is 11.7. The van der Waals surface area contributed by atoms with Gasteiger partial charge in [-0.2, -0.15) is 0 Å². The summed E-state index contributed by atoms with van der Waals surface area (Å²) >= 11 is 1.26. The lowest BCUT2D eigenvalue weighted by Crippen LogP contribution is -2.22. The Morgan fingerprint density at radius 1 is 1.23 bits per heavy atom. The standard InChI is InChI=1S/C14H11FN2O3S2/c15-11-5-2-1-4-10(11)12-9-21-13(17-12)8-16-22(18,19)14-6-3-7-20-14/h1-7,9,16H,8H2. The number of thiazole rings is 1. The van der Waals surface area contributed by atoms with Crippen molar-refractivity contribution in [3.05, 3.63) is 58.9 Å². The Morgan fingerprint density at radius 3 is 2.77 bits per heavy atom. The lowest BCUT2D eigenvalue weighted by Gasteiger charge is -2.01. The van der Waals surface area contributed by atoms with E-state index in [0.717, 1.165) is 0 Å². The first kappa shape index (κ1) is 14.9. The van der Waals surface area contributed by atoms with E-state index < -0.39 is 10.0 Å². The maximum atomic E-state index is 13.7. The van der Waals surface area contributed by atoms with Gasteiger partial charge in [0.1, 0.15) is 10.8 Å². The zero-order valence-corrected chi connectivity index (χ0v) is 12.8. The maximum absolute atomic E-state index is 13.7. The number of furan rings is 1. The Kier molecular flexibility index (Phi) is 4.06. The zero-order valence-electron chi connectivity index (χ0n) is 11.2. The highest BCUT2D eigenvalue weighted by Gasteiger charge is 2.17. The highest BCUT2D eigenvalue weighted by Crippen LogP contribution is 2.24. The van der Waals surface area contributed by atoms with Crippen LogP contribution in [-0.4, -0.2) is 13.4 Å². The fraction of sp³-hybridized carbons (Fsp3) is 0.0714. The Labute approximate surface area is 130 Å². The maximum Gasteiger partial charge on any atom is 0.274 e. The number of rotatable bonds is 5. The molecule has 114 valence electrons. The van der Waals surface area contributed by atoms with Gasteiger partial charge in [0.2, 0.25) is 5.09 Å². The number of hydrogen-bond donors (Lipinski definition) is 1. The van der Waals surface area contributed by atoms with E-state index in [2.05, 4.69) is 9.71 Å². The molecule has 0 unspecified atom stereocenters. The molecular formula is C14H11FN2O3S2. The van der Waals surface area contributed by atoms with Gasteiger partial charge in [0.05, 0.1) is 18.5 Å². The molecule has 0 bridgehead atoms. The minimum atomic E-state index is -3.70. The van der Waals surface area contributed by atoms with Crippen LogP contribution in [0.2, 0.25) is 0 Å². The molecule has 0 aliphatic carbocycles. The molecule has 0 amide bonds. The summed E-state index contributed by atoms with van der Waals surface area (Å²) in [6, 6.07) is 9.15. The molecule has 2 heterocycles. The molecule has 0 saturated heterocycles. The largest absolute Gasteiger partial charge is 0.452 e. The molecule has 1 aromatic carbocycles. The molecular weight excluding hydrogens is 327 g/mol. The average molecular weight is 338 g/mol. The number of aromatic nitrogens is 1. The van der Waals surface area contributed by atoms with Crippen molar-refractivity contribution in [1.82, 2.24) is 9.71 Å². The first-order valence-corrected chi connectivity index (χ1v) is 8.65. The van der Waals surface area contributed by atoms with Crippen LogP contribution < -0.4 is 4.72 Å². The predicted octanol–water partition coefficient (Wildman–Crippen LogP) is 3.02. The second kappa shape index (κ2) is 5.99. The van der Waals surface area contributed by atoms with Crippen LogP contribution in [0.5, 0.6) is 0 Å². The topological polar surface area (TPSA) is 72.2 Å². The van der Waals surface area contributed by atoms with E-state index in [1.807, 2.05) is 0 Å². The van der Waals surface area contributed by atoms with Crippen LogP contribution in [0.15, 0.2) is 57.6 Å². The van der Waals surface area contributed by atoms with Crippen LogP contribution >= 0.6 is 11.3 Å². The van der Waals surface area contributed by atoms with Crippen LogP contribution in [0.3, 0.4) is 0 Å². The summed E-state index contributed by atoms with van der Waals surface area (Å²) in [6.45, 7) is 0.0160. The minimum absolute atomic E-state index is 0.0160. The van der Waals surface area contributed by atoms with E-state index in [1.54, 1.807) is 23.6 Å². The predicted molar refractivity (Wildman–Crippen MR) is 80.2 cm³/mol. The molecule has 0 aliphatic rings. The molecule has 3 rings (SSSR count). The Hall–Kier alpha value is -2.03. The van der Waals surface area contributed by atoms with E-state index in [1.165, 1.54) is 35.8 Å². The van der Waals surface area contributed by atoms with Gasteiger partial charge < -0.3 is 4.42 Å². The van der Waals surface area contributed by atoms with E-state index >= 15 is 0 Å². The van der Waals surface area contributed by atoms with Gasteiger partial charge in [-0.15, -0.1) is 11.3 Å². The smallest absolute Gasteiger partial charge is 0.274 e. The van der Waals surface area contributed by atoms with E-state index in [-0.39, 0.29) is 17.5 Å². The summed E-state index contributed by atoms with van der Waals surface area (Å²) in [5, 5.41) is 2.07. The highest BCUT2D eigenvalue weighted by atomic mass is 32.2. The molecule has 0 aliphatic heterocycles. The van der Waals surface area contributed by atoms with Crippen molar-refractivity contribution >= 4 is 21.4 Å². The zero-order chi connectivity index (χ0) is 15.6. The third-order valence-electron chi connectivity index (χ3n) is 2.87. The van der Waals surface area contributed by atoms with E-state index in [9.17, 15) is 12.8 Å². The number of hydrogen-bond acceptors (Lipinski definition) is 5. The summed E-state index contributed by atoms with van der Waals surface area (Å²) in [5.74, 6) is -0.365. The van der Waals surface area contributed by atoms with Crippen LogP contribution in [-0.2, 0) is 16.6 Å². The van der Waals surface area contributed by atoms with Gasteiger partial charge in [0.15, 0.2) is 0 Å². The van der Waals surface area contributed by atoms with Gasteiger partial charge in [-0.1, -0.05) is 12.1 Å². The quantitative estimate of drug-likeness (QED) is 0.776. The molecule has 0 radical (unpaired) electrons. The van der Waals surface area contributed by atoms with Gasteiger partial charge in [-0.25, -0.2) is 22.5 Å². The van der Waals surface area contributed by atoms with Gasteiger partial charge >= 0.3 is 0 Å². The second-order valence-corrected chi connectivity index (χ2v) is 7.00. The second-order valence-electron chi connectivity index (χ2n) is 4.36. The van der Waals surface area contributed by atoms with Gasteiger partial charge in [0, 0.05) is 10.9 Å². The SMILES string of the molecule is O=S(=O)(NCc1nc(-c2ccccc2F)cs1)c1ccco1. The Morgan fingerprint density at radius 2 is 2.05 bits per heavy atom. The molecule has 0 fully saturated rings. The van der Waals surface area contributed by atoms with Crippen molar-refractivity contribution < 1.29 is 17.2 Å². The molecule has 3 aromatic rings. The fourth-order valence-electron chi connectivity index (χ4n) is 1.83. The number of nitrogens with one attached hydrogen (secondary N) is 1. The van der Waals surface area contributed by atoms with Gasteiger partial charge in [-0.05, 0) is 24.3 Å². The lowest BCUT2D eigenvalue weighted by atomic mass is 10.2. The van der Waals surface area contributed by atoms with Crippen molar-refractivity contribution in [3.63, 3.8) is 0 Å². The fourth-order valence-corrected chi connectivity index (χ4v) is 3.56. The van der Waals surface area contributed by atoms with E-state index in [4.69, 9.17) is 4.42 Å². The van der Waals surface area contributed by atoms with Crippen molar-refractivity contribution in [2.45, 2.75) is 11.6 Å². The van der Waals surface area contributed by atoms with Crippen molar-refractivity contribution in [1.29, 1.82) is 0 Å². The highest BCUT2D eigenvalue weighted by molar-refractivity contribution is 7.89. The van der Waals surface area contributed by atoms with Crippen LogP contribution in [0.4, 0.5) is 4.39 Å². The van der Waals surface area contributed by atoms with Gasteiger partial charge in [0.25, 0.3) is 10.0 Å². The molecule has 0 saturated carbocycles. The number of halogens is 1. The number of benzene rings is 1. The summed E-state index contributed by atoms with van der Waals surface area (Å²) in [6.07, 6.45) is 1.29. The summed E-state index contributed by atoms with van der Waals surface area (Å²) < 4.78 is 44.8. The number of sulfonamides is 1. The van der Waals surface area contributed by atoms with Crippen molar-refractivity contribution in [3.8, 4) is 11.3 Å². The van der Waals surface area contributed by atoms with Crippen molar-refractivity contribution in [2.75, 3.05) is 0 Å². The molecule has 0 atom stereocenters. The van der Waals surface area contributed by atoms with Crippen molar-refractivity contribution in [2.24, 2.45) is 0 Å². The molecule has 5 nitrogen and oxygen atoms in total. The van der Waals surface area contributed by atoms with Crippen LogP contribution in [0.1, 0.15) is 5.01 Å². The third kappa shape index (κ3) is 3.08. The minimum Gasteiger partial charge on any atom is -0.452 e. The molecule has 2 aromatic heterocycles. The molecule has 8 heteroatoms. The average Bonchev–Trinajstić information content (AvgIpc) is 3.18. The molecule has 1 N–H and O–H groups in total. The van der Waals surface area contributed by atoms with Crippen LogP contribution in [0.25, 0.3) is 11.3 Å². The summed E-state index contributed by atoms with van der Waals surface area (Å²) in [7, 11) is -3.70.